The van der Waals surface area contributed by atoms with Gasteiger partial charge in [-0.15, -0.1) is 11.3 Å². The highest BCUT2D eigenvalue weighted by atomic mass is 32.1. The smallest absolute Gasteiger partial charge is 0.347 e. The molecule has 106 valence electrons. The molecule has 0 radical (unpaired) electrons. The maximum absolute atomic E-state index is 11.2. The van der Waals surface area contributed by atoms with Crippen LogP contribution in [0.3, 0.4) is 0 Å². The number of nitrogens with zero attached hydrogens (tertiary/aromatic N) is 1. The molecule has 0 bridgehead atoms. The van der Waals surface area contributed by atoms with Gasteiger partial charge in [0.1, 0.15) is 10.6 Å². The summed E-state index contributed by atoms with van der Waals surface area (Å²) in [5.74, 6) is -0.0949. The second kappa shape index (κ2) is 6.05. The second-order valence-electron chi connectivity index (χ2n) is 4.53. The summed E-state index contributed by atoms with van der Waals surface area (Å²) in [6.07, 6.45) is 1.22. The number of thiazole rings is 1. The van der Waals surface area contributed by atoms with Gasteiger partial charge in [-0.3, -0.25) is 0 Å². The Labute approximate surface area is 122 Å². The zero-order chi connectivity index (χ0) is 14.7. The van der Waals surface area contributed by atoms with Crippen molar-refractivity contribution in [3.05, 3.63) is 44.9 Å². The fourth-order valence-electron chi connectivity index (χ4n) is 2.09. The van der Waals surface area contributed by atoms with Crippen molar-refractivity contribution in [2.45, 2.75) is 26.7 Å². The lowest BCUT2D eigenvalue weighted by molar-refractivity contribution is 0.0701. The molecule has 0 aliphatic carbocycles. The maximum atomic E-state index is 11.2. The molecule has 1 aromatic carbocycles. The highest BCUT2D eigenvalue weighted by molar-refractivity contribution is 7.13. The third-order valence-electron chi connectivity index (χ3n) is 3.05. The van der Waals surface area contributed by atoms with E-state index in [2.05, 4.69) is 4.98 Å². The van der Waals surface area contributed by atoms with E-state index in [0.717, 1.165) is 21.9 Å². The van der Waals surface area contributed by atoms with E-state index in [0.29, 0.717) is 23.4 Å². The van der Waals surface area contributed by atoms with Gasteiger partial charge in [-0.25, -0.2) is 9.78 Å². The Morgan fingerprint density at radius 3 is 2.75 bits per heavy atom. The number of carbonyl (C=O) groups is 1. The van der Waals surface area contributed by atoms with Crippen LogP contribution in [-0.4, -0.2) is 23.2 Å². The fourth-order valence-corrected chi connectivity index (χ4v) is 3.11. The number of ether oxygens (including phenoxy) is 1. The van der Waals surface area contributed by atoms with Gasteiger partial charge in [-0.05, 0) is 19.4 Å². The number of methoxy groups -OCH3 is 1. The molecule has 0 unspecified atom stereocenters. The van der Waals surface area contributed by atoms with Crippen molar-refractivity contribution >= 4 is 17.3 Å². The zero-order valence-corrected chi connectivity index (χ0v) is 12.6. The van der Waals surface area contributed by atoms with E-state index in [1.807, 2.05) is 32.0 Å². The van der Waals surface area contributed by atoms with E-state index in [1.54, 1.807) is 7.11 Å². The molecule has 0 fully saturated rings. The van der Waals surface area contributed by atoms with Crippen LogP contribution in [-0.2, 0) is 12.8 Å². The van der Waals surface area contributed by atoms with Crippen molar-refractivity contribution in [1.29, 1.82) is 0 Å². The summed E-state index contributed by atoms with van der Waals surface area (Å²) >= 11 is 1.25. The van der Waals surface area contributed by atoms with Crippen LogP contribution in [0.25, 0.3) is 0 Å². The van der Waals surface area contributed by atoms with Gasteiger partial charge in [-0.1, -0.05) is 24.6 Å². The van der Waals surface area contributed by atoms with E-state index in [9.17, 15) is 4.79 Å². The minimum Gasteiger partial charge on any atom is -0.496 e. The lowest BCUT2D eigenvalue weighted by Crippen LogP contribution is -1.97. The van der Waals surface area contributed by atoms with Crippen LogP contribution >= 0.6 is 11.3 Å². The Balaban J connectivity index is 2.35. The molecule has 0 aliphatic heterocycles. The SMILES string of the molecule is CCc1nc(Cc2cc(C)ccc2OC)sc1C(=O)O. The van der Waals surface area contributed by atoms with E-state index in [4.69, 9.17) is 9.84 Å². The molecule has 1 heterocycles. The number of carboxylic acids is 1. The molecular formula is C15H17NO3S. The fraction of sp³-hybridized carbons (Fsp3) is 0.333. The number of aromatic nitrogens is 1. The van der Waals surface area contributed by atoms with Crippen molar-refractivity contribution in [1.82, 2.24) is 4.98 Å². The lowest BCUT2D eigenvalue weighted by Gasteiger charge is -2.07. The molecule has 4 nitrogen and oxygen atoms in total. The van der Waals surface area contributed by atoms with Gasteiger partial charge in [0.05, 0.1) is 17.8 Å². The van der Waals surface area contributed by atoms with Gasteiger partial charge in [0.15, 0.2) is 0 Å². The third-order valence-corrected chi connectivity index (χ3v) is 4.13. The quantitative estimate of drug-likeness (QED) is 0.918. The molecule has 0 amide bonds. The van der Waals surface area contributed by atoms with Gasteiger partial charge in [-0.2, -0.15) is 0 Å². The number of carboxylic acid groups (broad SMARTS) is 1. The number of aryl methyl sites for hydroxylation is 2. The van der Waals surface area contributed by atoms with Crippen molar-refractivity contribution in [3.8, 4) is 5.75 Å². The molecule has 5 heteroatoms. The minimum absolute atomic E-state index is 0.342. The van der Waals surface area contributed by atoms with Crippen LogP contribution in [0.4, 0.5) is 0 Å². The lowest BCUT2D eigenvalue weighted by atomic mass is 10.1. The maximum Gasteiger partial charge on any atom is 0.347 e. The van der Waals surface area contributed by atoms with Gasteiger partial charge in [0, 0.05) is 12.0 Å². The van der Waals surface area contributed by atoms with Crippen molar-refractivity contribution < 1.29 is 14.6 Å². The Morgan fingerprint density at radius 2 is 2.20 bits per heavy atom. The summed E-state index contributed by atoms with van der Waals surface area (Å²) in [5, 5.41) is 9.98. The highest BCUT2D eigenvalue weighted by Crippen LogP contribution is 2.26. The number of hydrogen-bond acceptors (Lipinski definition) is 4. The summed E-state index contributed by atoms with van der Waals surface area (Å²) in [6, 6.07) is 5.97. The Morgan fingerprint density at radius 1 is 1.45 bits per heavy atom. The molecule has 2 rings (SSSR count). The van der Waals surface area contributed by atoms with Crippen LogP contribution in [0.15, 0.2) is 18.2 Å². The van der Waals surface area contributed by atoms with E-state index >= 15 is 0 Å². The van der Waals surface area contributed by atoms with Crippen LogP contribution in [0, 0.1) is 6.92 Å². The number of hydrogen-bond donors (Lipinski definition) is 1. The summed E-state index contributed by atoms with van der Waals surface area (Å²) < 4.78 is 5.34. The molecular weight excluding hydrogens is 274 g/mol. The molecule has 0 atom stereocenters. The average molecular weight is 291 g/mol. The normalized spacial score (nSPS) is 10.6. The van der Waals surface area contributed by atoms with Crippen LogP contribution < -0.4 is 4.74 Å². The molecule has 0 aliphatic rings. The monoisotopic (exact) mass is 291 g/mol. The first-order valence-corrected chi connectivity index (χ1v) is 7.22. The molecule has 2 aromatic rings. The van der Waals surface area contributed by atoms with Crippen molar-refractivity contribution in [2.24, 2.45) is 0 Å². The molecule has 0 spiro atoms. The van der Waals surface area contributed by atoms with Gasteiger partial charge in [0.2, 0.25) is 0 Å². The molecule has 1 aromatic heterocycles. The molecule has 1 N–H and O–H groups in total. The van der Waals surface area contributed by atoms with Gasteiger partial charge in [0.25, 0.3) is 0 Å². The second-order valence-corrected chi connectivity index (χ2v) is 5.62. The summed E-state index contributed by atoms with van der Waals surface area (Å²) in [6.45, 7) is 3.93. The van der Waals surface area contributed by atoms with Crippen molar-refractivity contribution in [2.75, 3.05) is 7.11 Å². The Hall–Kier alpha value is -1.88. The topological polar surface area (TPSA) is 59.4 Å². The summed E-state index contributed by atoms with van der Waals surface area (Å²) in [4.78, 5) is 15.9. The minimum atomic E-state index is -0.901. The first-order chi connectivity index (χ1) is 9.55. The van der Waals surface area contributed by atoms with Gasteiger partial charge >= 0.3 is 5.97 Å². The predicted molar refractivity (Wildman–Crippen MR) is 79.0 cm³/mol. The first-order valence-electron chi connectivity index (χ1n) is 6.40. The summed E-state index contributed by atoms with van der Waals surface area (Å²) in [7, 11) is 1.64. The number of benzene rings is 1. The Bertz CT molecular complexity index is 634. The van der Waals surface area contributed by atoms with E-state index in [-0.39, 0.29) is 0 Å². The summed E-state index contributed by atoms with van der Waals surface area (Å²) in [5.41, 5.74) is 2.83. The van der Waals surface area contributed by atoms with Crippen LogP contribution in [0.5, 0.6) is 5.75 Å². The average Bonchev–Trinajstić information content (AvgIpc) is 2.82. The van der Waals surface area contributed by atoms with Crippen LogP contribution in [0.2, 0.25) is 0 Å². The Kier molecular flexibility index (Phi) is 4.39. The highest BCUT2D eigenvalue weighted by Gasteiger charge is 2.17. The molecule has 0 saturated carbocycles. The van der Waals surface area contributed by atoms with Crippen molar-refractivity contribution in [3.63, 3.8) is 0 Å². The molecule has 0 saturated heterocycles. The van der Waals surface area contributed by atoms with E-state index < -0.39 is 5.97 Å². The predicted octanol–water partition coefficient (Wildman–Crippen LogP) is 3.31. The zero-order valence-electron chi connectivity index (χ0n) is 11.8. The van der Waals surface area contributed by atoms with Crippen LogP contribution in [0.1, 0.15) is 38.4 Å². The van der Waals surface area contributed by atoms with Gasteiger partial charge < -0.3 is 9.84 Å². The third kappa shape index (κ3) is 2.99. The molecule has 20 heavy (non-hydrogen) atoms. The largest absolute Gasteiger partial charge is 0.496 e. The first kappa shape index (κ1) is 14.5. The number of aromatic carboxylic acids is 1. The number of rotatable bonds is 5. The van der Waals surface area contributed by atoms with E-state index in [1.165, 1.54) is 11.3 Å². The standard InChI is InChI=1S/C15H17NO3S/c1-4-11-14(15(17)18)20-13(16-11)8-10-7-9(2)5-6-12(10)19-3/h5-7H,4,8H2,1-3H3,(H,17,18).